The topological polar surface area (TPSA) is 12.5 Å². The Balaban J connectivity index is 0.00000267. The maximum Gasteiger partial charge on any atom is 0.125 e. The molecular weight excluding hydrogens is 907 g/mol. The fourth-order valence-corrected chi connectivity index (χ4v) is 13.4. The van der Waals surface area contributed by atoms with Crippen LogP contribution in [0, 0.1) is 0 Å². The van der Waals surface area contributed by atoms with Gasteiger partial charge in [0, 0.05) is 28.5 Å². The van der Waals surface area contributed by atoms with Gasteiger partial charge in [0.05, 0.1) is 10.8 Å². The average molecular weight is 966 g/mol. The van der Waals surface area contributed by atoms with Gasteiger partial charge in [-0.1, -0.05) is 240 Å². The van der Waals surface area contributed by atoms with E-state index in [1.54, 1.807) is 0 Å². The molecule has 1 aliphatic heterocycles. The number of fused-ring (bicyclic) bond motifs is 13. The second kappa shape index (κ2) is 18.3. The second-order valence-electron chi connectivity index (χ2n) is 20.6. The van der Waals surface area contributed by atoms with E-state index in [0.29, 0.717) is 6.61 Å². The molecule has 0 amide bonds. The van der Waals surface area contributed by atoms with Crippen molar-refractivity contribution in [2.75, 3.05) is 11.5 Å². The number of nitrogens with zero attached hydrogens (tertiary/aromatic N) is 1. The number of hydrogen-bond acceptors (Lipinski definition) is 2. The molecule has 0 N–H and O–H groups in total. The monoisotopic (exact) mass is 965 g/mol. The van der Waals surface area contributed by atoms with Crippen molar-refractivity contribution in [1.29, 1.82) is 0 Å². The van der Waals surface area contributed by atoms with Gasteiger partial charge in [-0.2, -0.15) is 0 Å². The van der Waals surface area contributed by atoms with Gasteiger partial charge in [-0.15, -0.1) is 0 Å². The molecule has 0 saturated heterocycles. The summed E-state index contributed by atoms with van der Waals surface area (Å²) in [6.45, 7) is 9.24. The van der Waals surface area contributed by atoms with Crippen LogP contribution < -0.4 is 9.64 Å². The smallest absolute Gasteiger partial charge is 0.125 e. The summed E-state index contributed by atoms with van der Waals surface area (Å²) in [7, 11) is 0. The summed E-state index contributed by atoms with van der Waals surface area (Å²) in [5.41, 5.74) is 23.8. The Morgan fingerprint density at radius 1 is 0.360 bits per heavy atom. The molecule has 1 spiro atoms. The van der Waals surface area contributed by atoms with E-state index < -0.39 is 10.8 Å². The van der Waals surface area contributed by atoms with Gasteiger partial charge in [-0.25, -0.2) is 0 Å². The highest BCUT2D eigenvalue weighted by molar-refractivity contribution is 5.92. The Labute approximate surface area is 442 Å². The van der Waals surface area contributed by atoms with E-state index >= 15 is 0 Å². The summed E-state index contributed by atoms with van der Waals surface area (Å²) in [5.74, 6) is 0.910. The van der Waals surface area contributed by atoms with Gasteiger partial charge in [-0.05, 0) is 143 Å². The van der Waals surface area contributed by atoms with E-state index in [1.165, 1.54) is 94.6 Å². The highest BCUT2D eigenvalue weighted by Gasteiger charge is 2.56. The third-order valence-corrected chi connectivity index (χ3v) is 16.6. The molecule has 10 aromatic rings. The predicted octanol–water partition coefficient (Wildman–Crippen LogP) is 18.3. The van der Waals surface area contributed by atoms with Gasteiger partial charge < -0.3 is 9.64 Å². The lowest BCUT2D eigenvalue weighted by molar-refractivity contribution is 0.360. The Morgan fingerprint density at radius 3 is 1.48 bits per heavy atom. The molecule has 0 atom stereocenters. The van der Waals surface area contributed by atoms with Crippen molar-refractivity contribution < 1.29 is 4.74 Å². The lowest BCUT2D eigenvalue weighted by atomic mass is 9.51. The molecule has 0 bridgehead atoms. The normalized spacial score (nSPS) is 16.0. The van der Waals surface area contributed by atoms with Crippen molar-refractivity contribution in [2.45, 2.75) is 50.4 Å². The Bertz CT molecular complexity index is 3770. The van der Waals surface area contributed by atoms with E-state index in [9.17, 15) is 0 Å². The van der Waals surface area contributed by atoms with Gasteiger partial charge in [-0.3, -0.25) is 0 Å². The SMILES string of the molecule is CC.CC1(C)c2ccccc2-c2ccc(N(c3ccc(-c4ccc5c(c4)C4(c6ccccc6-5)c5ccccc5C(c5ccccc5)(c5ccccc5)c5ccccc54)cc3)c3ccc4c(c3)OC/C=C\C=C/C4)cc21. The van der Waals surface area contributed by atoms with E-state index in [1.807, 2.05) is 13.8 Å². The van der Waals surface area contributed by atoms with Crippen LogP contribution in [0.15, 0.2) is 261 Å². The molecule has 10 aromatic carbocycles. The maximum atomic E-state index is 6.45. The van der Waals surface area contributed by atoms with Crippen molar-refractivity contribution in [3.63, 3.8) is 0 Å². The highest BCUT2D eigenvalue weighted by atomic mass is 16.5. The quantitative estimate of drug-likeness (QED) is 0.165. The van der Waals surface area contributed by atoms with Crippen LogP contribution in [-0.4, -0.2) is 6.61 Å². The fourth-order valence-electron chi connectivity index (χ4n) is 13.4. The van der Waals surface area contributed by atoms with E-state index in [0.717, 1.165) is 29.2 Å². The third kappa shape index (κ3) is 6.93. The molecule has 14 rings (SSSR count). The molecule has 362 valence electrons. The molecule has 75 heavy (non-hydrogen) atoms. The van der Waals surface area contributed by atoms with Crippen LogP contribution in [-0.2, 0) is 22.7 Å². The molecule has 4 aliphatic rings. The molecule has 0 radical (unpaired) electrons. The van der Waals surface area contributed by atoms with Crippen molar-refractivity contribution in [3.05, 3.63) is 322 Å². The van der Waals surface area contributed by atoms with Gasteiger partial charge in [0.25, 0.3) is 0 Å². The summed E-state index contributed by atoms with van der Waals surface area (Å²) in [4.78, 5) is 2.40. The number of rotatable bonds is 6. The average Bonchev–Trinajstić information content (AvgIpc) is 4.19. The van der Waals surface area contributed by atoms with Crippen molar-refractivity contribution >= 4 is 17.1 Å². The Hall–Kier alpha value is -8.72. The maximum absolute atomic E-state index is 6.45. The molecule has 0 aromatic heterocycles. The fraction of sp³-hybridized carbons (Fsp3) is 0.123. The molecule has 0 unspecified atom stereocenters. The number of ether oxygens (including phenoxy) is 1. The third-order valence-electron chi connectivity index (χ3n) is 16.6. The number of hydrogen-bond donors (Lipinski definition) is 0. The predicted molar refractivity (Wildman–Crippen MR) is 312 cm³/mol. The number of allylic oxidation sites excluding steroid dienone is 3. The van der Waals surface area contributed by atoms with Crippen LogP contribution in [0.1, 0.15) is 88.9 Å². The first kappa shape index (κ1) is 46.1. The largest absolute Gasteiger partial charge is 0.489 e. The number of anilines is 3. The molecule has 3 aliphatic carbocycles. The second-order valence-corrected chi connectivity index (χ2v) is 20.6. The molecular formula is C73H59NO. The standard InChI is InChI=1S/C71H53NO.C2H6/c1-69(2)60-28-14-12-26-56(60)58-43-41-54(46-66(58)69)72(55-40-36-49-21-7-3-4-20-44-73-68(49)47-55)53-38-34-48(35-39-53)50-37-42-59-57-27-13-15-29-61(57)71(67(59)45-50)64-32-18-16-30-62(64)70(51-22-8-5-9-23-51,52-24-10-6-11-25-52)63-31-17-19-33-65(63)71;1-2/h3-20,22-43,45-47H,21,44H2,1-2H3;1-2H3/b7-3-,20-4-;. The van der Waals surface area contributed by atoms with E-state index in [-0.39, 0.29) is 5.41 Å². The summed E-state index contributed by atoms with van der Waals surface area (Å²) in [6, 6.07) is 89.1. The first-order valence-electron chi connectivity index (χ1n) is 26.7. The zero-order chi connectivity index (χ0) is 50.7. The van der Waals surface area contributed by atoms with Crippen molar-refractivity contribution in [3.8, 4) is 39.1 Å². The van der Waals surface area contributed by atoms with Crippen molar-refractivity contribution in [1.82, 2.24) is 0 Å². The van der Waals surface area contributed by atoms with Gasteiger partial charge in [0.1, 0.15) is 12.4 Å². The minimum absolute atomic E-state index is 0.141. The lowest BCUT2D eigenvalue weighted by Gasteiger charge is -2.50. The van der Waals surface area contributed by atoms with Crippen LogP contribution in [0.5, 0.6) is 5.75 Å². The highest BCUT2D eigenvalue weighted by Crippen LogP contribution is 2.65. The van der Waals surface area contributed by atoms with Crippen LogP contribution in [0.2, 0.25) is 0 Å². The first-order valence-corrected chi connectivity index (χ1v) is 26.7. The van der Waals surface area contributed by atoms with Crippen LogP contribution >= 0.6 is 0 Å². The molecule has 2 nitrogen and oxygen atoms in total. The van der Waals surface area contributed by atoms with Crippen LogP contribution in [0.4, 0.5) is 17.1 Å². The van der Waals surface area contributed by atoms with Gasteiger partial charge >= 0.3 is 0 Å². The number of benzene rings is 10. The Kier molecular flexibility index (Phi) is 11.3. The zero-order valence-corrected chi connectivity index (χ0v) is 43.1. The zero-order valence-electron chi connectivity index (χ0n) is 43.1. The lowest BCUT2D eigenvalue weighted by Crippen LogP contribution is -2.44. The molecule has 1 heterocycles. The minimum atomic E-state index is -0.572. The first-order chi connectivity index (χ1) is 37.0. The van der Waals surface area contributed by atoms with Gasteiger partial charge in [0.2, 0.25) is 0 Å². The minimum Gasteiger partial charge on any atom is -0.489 e. The summed E-state index contributed by atoms with van der Waals surface area (Å²) in [5, 5.41) is 0. The summed E-state index contributed by atoms with van der Waals surface area (Å²) < 4.78 is 6.45. The molecule has 0 saturated carbocycles. The van der Waals surface area contributed by atoms with Crippen LogP contribution in [0.25, 0.3) is 33.4 Å². The van der Waals surface area contributed by atoms with Crippen LogP contribution in [0.3, 0.4) is 0 Å². The van der Waals surface area contributed by atoms with Crippen molar-refractivity contribution in [2.24, 2.45) is 0 Å². The molecule has 0 fully saturated rings. The van der Waals surface area contributed by atoms with E-state index in [4.69, 9.17) is 4.74 Å². The summed E-state index contributed by atoms with van der Waals surface area (Å²) >= 11 is 0. The van der Waals surface area contributed by atoms with E-state index in [2.05, 4.69) is 280 Å². The Morgan fingerprint density at radius 2 is 0.827 bits per heavy atom. The van der Waals surface area contributed by atoms with Gasteiger partial charge in [0.15, 0.2) is 0 Å². The molecule has 2 heteroatoms. The summed E-state index contributed by atoms with van der Waals surface area (Å²) in [6.07, 6.45) is 9.27.